The molecule has 1 atom stereocenters. The van der Waals surface area contributed by atoms with Gasteiger partial charge < -0.3 is 4.52 Å². The Balaban J connectivity index is 2.67. The normalized spacial score (nSPS) is 11.7. The third kappa shape index (κ3) is 3.75. The van der Waals surface area contributed by atoms with Crippen molar-refractivity contribution in [2.75, 3.05) is 6.61 Å². The van der Waals surface area contributed by atoms with E-state index in [0.29, 0.717) is 5.30 Å². The molecule has 3 heteroatoms. The summed E-state index contributed by atoms with van der Waals surface area (Å²) in [7, 11) is -2.18. The van der Waals surface area contributed by atoms with E-state index in [1.807, 2.05) is 18.2 Å². The standard InChI is InChI=1S/C12H13O2P/c1-3-5-11-6-8-12(9-7-11)15(13)14-10-4-2/h2-3,6-9,15H,1,5,10H2. The van der Waals surface area contributed by atoms with Gasteiger partial charge in [-0.25, -0.2) is 0 Å². The lowest BCUT2D eigenvalue weighted by Crippen LogP contribution is -1.98. The number of hydrogen-bond donors (Lipinski definition) is 0. The molecule has 0 aromatic heterocycles. The van der Waals surface area contributed by atoms with Gasteiger partial charge in [-0.05, 0) is 24.1 Å². The van der Waals surface area contributed by atoms with Gasteiger partial charge in [-0.3, -0.25) is 4.57 Å². The zero-order valence-electron chi connectivity index (χ0n) is 8.40. The molecule has 0 aliphatic carbocycles. The summed E-state index contributed by atoms with van der Waals surface area (Å²) in [4.78, 5) is 0. The van der Waals surface area contributed by atoms with Crippen LogP contribution in [0.1, 0.15) is 5.56 Å². The van der Waals surface area contributed by atoms with Crippen LogP contribution in [-0.2, 0) is 15.5 Å². The van der Waals surface area contributed by atoms with Crippen molar-refractivity contribution >= 4 is 13.3 Å². The van der Waals surface area contributed by atoms with Crippen LogP contribution in [0.4, 0.5) is 0 Å². The zero-order chi connectivity index (χ0) is 11.1. The van der Waals surface area contributed by atoms with Crippen molar-refractivity contribution < 1.29 is 9.09 Å². The lowest BCUT2D eigenvalue weighted by molar-refractivity contribution is 0.385. The van der Waals surface area contributed by atoms with E-state index >= 15 is 0 Å². The molecule has 0 bridgehead atoms. The maximum Gasteiger partial charge on any atom is 0.221 e. The monoisotopic (exact) mass is 220 g/mol. The second-order valence-electron chi connectivity index (χ2n) is 2.97. The Labute approximate surface area is 90.8 Å². The minimum Gasteiger partial charge on any atom is -0.314 e. The fourth-order valence-corrected chi connectivity index (χ4v) is 1.95. The Morgan fingerprint density at radius 1 is 1.47 bits per heavy atom. The number of benzene rings is 1. The first kappa shape index (κ1) is 11.8. The van der Waals surface area contributed by atoms with E-state index in [1.165, 1.54) is 0 Å². The van der Waals surface area contributed by atoms with Crippen molar-refractivity contribution in [3.63, 3.8) is 0 Å². The van der Waals surface area contributed by atoms with Crippen LogP contribution in [-0.4, -0.2) is 6.61 Å². The molecule has 0 spiro atoms. The molecule has 1 rings (SSSR count). The van der Waals surface area contributed by atoms with Gasteiger partial charge in [0.15, 0.2) is 0 Å². The molecule has 0 radical (unpaired) electrons. The summed E-state index contributed by atoms with van der Waals surface area (Å²) < 4.78 is 16.5. The zero-order valence-corrected chi connectivity index (χ0v) is 9.40. The fourth-order valence-electron chi connectivity index (χ4n) is 1.13. The molecular formula is C12H13O2P. The quantitative estimate of drug-likeness (QED) is 0.432. The van der Waals surface area contributed by atoms with Gasteiger partial charge in [0, 0.05) is 5.30 Å². The van der Waals surface area contributed by atoms with Crippen molar-refractivity contribution in [3.8, 4) is 12.3 Å². The molecule has 0 saturated heterocycles. The Morgan fingerprint density at radius 2 is 2.13 bits per heavy atom. The highest BCUT2D eigenvalue weighted by Crippen LogP contribution is 2.20. The Kier molecular flexibility index (Phi) is 4.90. The van der Waals surface area contributed by atoms with Gasteiger partial charge in [0.05, 0.1) is 0 Å². The summed E-state index contributed by atoms with van der Waals surface area (Å²) in [5, 5.41) is 0.697. The van der Waals surface area contributed by atoms with Crippen LogP contribution in [0.2, 0.25) is 0 Å². The van der Waals surface area contributed by atoms with Gasteiger partial charge in [-0.2, -0.15) is 0 Å². The lowest BCUT2D eigenvalue weighted by atomic mass is 10.2. The topological polar surface area (TPSA) is 26.3 Å². The van der Waals surface area contributed by atoms with Crippen molar-refractivity contribution in [1.82, 2.24) is 0 Å². The summed E-state index contributed by atoms with van der Waals surface area (Å²) in [5.41, 5.74) is 1.14. The lowest BCUT2D eigenvalue weighted by Gasteiger charge is -2.02. The van der Waals surface area contributed by atoms with Gasteiger partial charge in [0.2, 0.25) is 8.03 Å². The molecule has 15 heavy (non-hydrogen) atoms. The third-order valence-electron chi connectivity index (χ3n) is 1.86. The van der Waals surface area contributed by atoms with Gasteiger partial charge >= 0.3 is 0 Å². The van der Waals surface area contributed by atoms with E-state index in [0.717, 1.165) is 12.0 Å². The maximum atomic E-state index is 11.5. The molecule has 0 aliphatic rings. The molecule has 0 saturated carbocycles. The van der Waals surface area contributed by atoms with Crippen molar-refractivity contribution in [3.05, 3.63) is 42.5 Å². The molecule has 2 nitrogen and oxygen atoms in total. The van der Waals surface area contributed by atoms with Crippen LogP contribution < -0.4 is 5.30 Å². The minimum absolute atomic E-state index is 0.0895. The van der Waals surface area contributed by atoms with Gasteiger partial charge in [0.1, 0.15) is 6.61 Å². The molecular weight excluding hydrogens is 207 g/mol. The molecule has 0 N–H and O–H groups in total. The van der Waals surface area contributed by atoms with E-state index in [1.54, 1.807) is 12.1 Å². The summed E-state index contributed by atoms with van der Waals surface area (Å²) >= 11 is 0. The molecule has 0 amide bonds. The van der Waals surface area contributed by atoms with E-state index in [9.17, 15) is 4.57 Å². The SMILES string of the molecule is C#CCO[PH](=O)c1ccc(CC=C)cc1. The summed E-state index contributed by atoms with van der Waals surface area (Å²) in [6, 6.07) is 7.44. The number of rotatable bonds is 5. The third-order valence-corrected chi connectivity index (χ3v) is 3.07. The fraction of sp³-hybridized carbons (Fsp3) is 0.167. The molecule has 0 aliphatic heterocycles. The molecule has 1 unspecified atom stereocenters. The largest absolute Gasteiger partial charge is 0.314 e. The highest BCUT2D eigenvalue weighted by molar-refractivity contribution is 7.48. The summed E-state index contributed by atoms with van der Waals surface area (Å²) in [5.74, 6) is 2.29. The minimum atomic E-state index is -2.18. The van der Waals surface area contributed by atoms with Gasteiger partial charge in [-0.1, -0.05) is 24.1 Å². The average Bonchev–Trinajstić information content (AvgIpc) is 2.27. The van der Waals surface area contributed by atoms with Crippen molar-refractivity contribution in [2.45, 2.75) is 6.42 Å². The molecule has 78 valence electrons. The van der Waals surface area contributed by atoms with E-state index in [-0.39, 0.29) is 6.61 Å². The molecule has 0 heterocycles. The van der Waals surface area contributed by atoms with E-state index in [2.05, 4.69) is 12.5 Å². The maximum absolute atomic E-state index is 11.5. The second-order valence-corrected chi connectivity index (χ2v) is 4.41. The summed E-state index contributed by atoms with van der Waals surface area (Å²) in [6.07, 6.45) is 7.65. The van der Waals surface area contributed by atoms with Crippen LogP contribution in [0.15, 0.2) is 36.9 Å². The van der Waals surface area contributed by atoms with Crippen molar-refractivity contribution in [2.24, 2.45) is 0 Å². The predicted octanol–water partition coefficient (Wildman–Crippen LogP) is 2.16. The Morgan fingerprint density at radius 3 is 2.67 bits per heavy atom. The van der Waals surface area contributed by atoms with Crippen molar-refractivity contribution in [1.29, 1.82) is 0 Å². The predicted molar refractivity (Wildman–Crippen MR) is 63.8 cm³/mol. The first-order valence-electron chi connectivity index (χ1n) is 4.58. The van der Waals surface area contributed by atoms with Gasteiger partial charge in [0.25, 0.3) is 0 Å². The number of terminal acetylenes is 1. The van der Waals surface area contributed by atoms with Gasteiger partial charge in [-0.15, -0.1) is 13.0 Å². The average molecular weight is 220 g/mol. The highest BCUT2D eigenvalue weighted by atomic mass is 31.1. The first-order chi connectivity index (χ1) is 7.27. The summed E-state index contributed by atoms with van der Waals surface area (Å²) in [6.45, 7) is 3.74. The first-order valence-corrected chi connectivity index (χ1v) is 5.90. The van der Waals surface area contributed by atoms with Crippen LogP contribution in [0.25, 0.3) is 0 Å². The smallest absolute Gasteiger partial charge is 0.221 e. The van der Waals surface area contributed by atoms with E-state index < -0.39 is 8.03 Å². The Hall–Kier alpha value is -1.29. The molecule has 1 aromatic rings. The highest BCUT2D eigenvalue weighted by Gasteiger charge is 2.02. The molecule has 1 aromatic carbocycles. The van der Waals surface area contributed by atoms with Crippen LogP contribution in [0.5, 0.6) is 0 Å². The molecule has 0 fully saturated rings. The number of hydrogen-bond acceptors (Lipinski definition) is 2. The van der Waals surface area contributed by atoms with Crippen LogP contribution in [0.3, 0.4) is 0 Å². The van der Waals surface area contributed by atoms with Crippen LogP contribution in [0, 0.1) is 12.3 Å². The number of allylic oxidation sites excluding steroid dienone is 1. The second kappa shape index (κ2) is 6.24. The van der Waals surface area contributed by atoms with E-state index in [4.69, 9.17) is 10.9 Å². The van der Waals surface area contributed by atoms with Crippen LogP contribution >= 0.6 is 8.03 Å². The Bertz CT molecular complexity index is 387.